The highest BCUT2D eigenvalue weighted by Crippen LogP contribution is 2.17. The minimum absolute atomic E-state index is 0.151. The predicted octanol–water partition coefficient (Wildman–Crippen LogP) is 1.69. The van der Waals surface area contributed by atoms with Gasteiger partial charge in [0.1, 0.15) is 5.82 Å². The van der Waals surface area contributed by atoms with Crippen molar-refractivity contribution < 1.29 is 28.3 Å². The van der Waals surface area contributed by atoms with Crippen molar-refractivity contribution in [3.63, 3.8) is 0 Å². The van der Waals surface area contributed by atoms with E-state index in [-0.39, 0.29) is 18.9 Å². The molecule has 0 spiro atoms. The van der Waals surface area contributed by atoms with Gasteiger partial charge in [-0.1, -0.05) is 30.3 Å². The average molecular weight is 415 g/mol. The SMILES string of the molecule is CC(=O)N[C@H](CC(=O)OCC(=O)NCC(=O)Nc1ccc(F)cc1)c1ccccc1. The van der Waals surface area contributed by atoms with Crippen LogP contribution in [0.2, 0.25) is 0 Å². The third-order valence-electron chi connectivity index (χ3n) is 3.89. The van der Waals surface area contributed by atoms with Crippen LogP contribution in [-0.2, 0) is 23.9 Å². The molecule has 0 saturated carbocycles. The molecule has 1 atom stereocenters. The third-order valence-corrected chi connectivity index (χ3v) is 3.89. The molecule has 0 heterocycles. The first-order valence-corrected chi connectivity index (χ1v) is 9.13. The molecular formula is C21H22FN3O5. The Labute approximate surface area is 172 Å². The maximum Gasteiger partial charge on any atom is 0.308 e. The van der Waals surface area contributed by atoms with E-state index in [0.29, 0.717) is 5.69 Å². The van der Waals surface area contributed by atoms with Crippen LogP contribution in [0.5, 0.6) is 0 Å². The number of benzene rings is 2. The average Bonchev–Trinajstić information content (AvgIpc) is 2.72. The van der Waals surface area contributed by atoms with Gasteiger partial charge in [0.25, 0.3) is 5.91 Å². The normalized spacial score (nSPS) is 11.1. The van der Waals surface area contributed by atoms with E-state index in [1.165, 1.54) is 31.2 Å². The Bertz CT molecular complexity index is 887. The van der Waals surface area contributed by atoms with Crippen molar-refractivity contribution in [1.29, 1.82) is 0 Å². The van der Waals surface area contributed by atoms with Crippen molar-refractivity contribution in [2.24, 2.45) is 0 Å². The number of hydrogen-bond donors (Lipinski definition) is 3. The van der Waals surface area contributed by atoms with Gasteiger partial charge in [-0.3, -0.25) is 19.2 Å². The smallest absolute Gasteiger partial charge is 0.308 e. The molecule has 9 heteroatoms. The molecule has 3 N–H and O–H groups in total. The van der Waals surface area contributed by atoms with Gasteiger partial charge >= 0.3 is 5.97 Å². The Morgan fingerprint density at radius 1 is 0.967 bits per heavy atom. The summed E-state index contributed by atoms with van der Waals surface area (Å²) >= 11 is 0. The summed E-state index contributed by atoms with van der Waals surface area (Å²) in [5.74, 6) is -2.59. The van der Waals surface area contributed by atoms with E-state index >= 15 is 0 Å². The number of esters is 1. The molecule has 2 aromatic rings. The number of anilines is 1. The number of ether oxygens (including phenoxy) is 1. The van der Waals surface area contributed by atoms with Crippen LogP contribution in [0.25, 0.3) is 0 Å². The summed E-state index contributed by atoms with van der Waals surface area (Å²) in [5, 5.41) is 7.46. The molecule has 2 rings (SSSR count). The third kappa shape index (κ3) is 8.09. The molecule has 0 bridgehead atoms. The van der Waals surface area contributed by atoms with E-state index in [2.05, 4.69) is 16.0 Å². The molecule has 158 valence electrons. The van der Waals surface area contributed by atoms with E-state index in [1.807, 2.05) is 6.07 Å². The minimum atomic E-state index is -0.677. The summed E-state index contributed by atoms with van der Waals surface area (Å²) < 4.78 is 17.8. The molecule has 0 aliphatic carbocycles. The summed E-state index contributed by atoms with van der Waals surface area (Å²) in [6.07, 6.45) is -0.151. The lowest BCUT2D eigenvalue weighted by atomic mass is 10.0. The van der Waals surface area contributed by atoms with Crippen LogP contribution in [-0.4, -0.2) is 36.8 Å². The fraction of sp³-hybridized carbons (Fsp3) is 0.238. The summed E-state index contributed by atoms with van der Waals surface area (Å²) in [7, 11) is 0. The number of carbonyl (C=O) groups excluding carboxylic acids is 4. The molecule has 3 amide bonds. The number of amides is 3. The molecule has 0 aromatic heterocycles. The van der Waals surface area contributed by atoms with Gasteiger partial charge in [0.2, 0.25) is 11.8 Å². The van der Waals surface area contributed by atoms with Crippen molar-refractivity contribution in [3.8, 4) is 0 Å². The molecule has 30 heavy (non-hydrogen) atoms. The van der Waals surface area contributed by atoms with Gasteiger partial charge in [0.05, 0.1) is 19.0 Å². The Balaban J connectivity index is 1.74. The van der Waals surface area contributed by atoms with Gasteiger partial charge in [-0.05, 0) is 29.8 Å². The van der Waals surface area contributed by atoms with E-state index in [0.717, 1.165) is 5.56 Å². The Morgan fingerprint density at radius 3 is 2.27 bits per heavy atom. The monoisotopic (exact) mass is 415 g/mol. The summed E-state index contributed by atoms with van der Waals surface area (Å²) in [6.45, 7) is 0.433. The van der Waals surface area contributed by atoms with Crippen LogP contribution in [0.4, 0.5) is 10.1 Å². The molecule has 0 unspecified atom stereocenters. The lowest BCUT2D eigenvalue weighted by molar-refractivity contribution is -0.149. The van der Waals surface area contributed by atoms with Crippen LogP contribution in [0.15, 0.2) is 54.6 Å². The number of nitrogens with one attached hydrogen (secondary N) is 3. The van der Waals surface area contributed by atoms with Crippen molar-refractivity contribution in [2.45, 2.75) is 19.4 Å². The van der Waals surface area contributed by atoms with Gasteiger partial charge in [-0.15, -0.1) is 0 Å². The maximum absolute atomic E-state index is 12.8. The summed E-state index contributed by atoms with van der Waals surface area (Å²) in [4.78, 5) is 47.0. The van der Waals surface area contributed by atoms with Crippen LogP contribution < -0.4 is 16.0 Å². The number of halogens is 1. The Morgan fingerprint density at radius 2 is 1.63 bits per heavy atom. The molecule has 0 saturated heterocycles. The van der Waals surface area contributed by atoms with Gasteiger partial charge in [0.15, 0.2) is 6.61 Å². The first-order valence-electron chi connectivity index (χ1n) is 9.13. The summed E-state index contributed by atoms with van der Waals surface area (Å²) in [6, 6.07) is 13.5. The van der Waals surface area contributed by atoms with Crippen LogP contribution in [0.1, 0.15) is 24.9 Å². The predicted molar refractivity (Wildman–Crippen MR) is 107 cm³/mol. The zero-order valence-electron chi connectivity index (χ0n) is 16.3. The second-order valence-corrected chi connectivity index (χ2v) is 6.36. The highest BCUT2D eigenvalue weighted by molar-refractivity contribution is 5.94. The van der Waals surface area contributed by atoms with E-state index < -0.39 is 36.2 Å². The van der Waals surface area contributed by atoms with Gasteiger partial charge in [-0.25, -0.2) is 4.39 Å². The van der Waals surface area contributed by atoms with Crippen molar-refractivity contribution in [1.82, 2.24) is 10.6 Å². The van der Waals surface area contributed by atoms with Gasteiger partial charge in [-0.2, -0.15) is 0 Å². The van der Waals surface area contributed by atoms with Crippen LogP contribution in [0.3, 0.4) is 0 Å². The lowest BCUT2D eigenvalue weighted by Gasteiger charge is -2.17. The van der Waals surface area contributed by atoms with Crippen LogP contribution in [0, 0.1) is 5.82 Å². The Kier molecular flexibility index (Phi) is 8.49. The highest BCUT2D eigenvalue weighted by Gasteiger charge is 2.18. The first-order chi connectivity index (χ1) is 14.3. The molecule has 2 aromatic carbocycles. The fourth-order valence-electron chi connectivity index (χ4n) is 2.52. The number of rotatable bonds is 9. The lowest BCUT2D eigenvalue weighted by Crippen LogP contribution is -2.36. The first kappa shape index (κ1) is 22.5. The van der Waals surface area contributed by atoms with E-state index in [4.69, 9.17) is 4.74 Å². The minimum Gasteiger partial charge on any atom is -0.456 e. The van der Waals surface area contributed by atoms with Crippen LogP contribution >= 0.6 is 0 Å². The molecule has 0 aliphatic heterocycles. The fourth-order valence-corrected chi connectivity index (χ4v) is 2.52. The molecule has 0 fully saturated rings. The van der Waals surface area contributed by atoms with Crippen molar-refractivity contribution in [3.05, 3.63) is 66.0 Å². The quantitative estimate of drug-likeness (QED) is 0.540. The topological polar surface area (TPSA) is 114 Å². The number of hydrogen-bond acceptors (Lipinski definition) is 5. The molecular weight excluding hydrogens is 393 g/mol. The molecule has 0 radical (unpaired) electrons. The molecule has 8 nitrogen and oxygen atoms in total. The van der Waals surface area contributed by atoms with E-state index in [9.17, 15) is 23.6 Å². The zero-order chi connectivity index (χ0) is 21.9. The zero-order valence-corrected chi connectivity index (χ0v) is 16.3. The van der Waals surface area contributed by atoms with Crippen molar-refractivity contribution >= 4 is 29.4 Å². The standard InChI is InChI=1S/C21H22FN3O5/c1-14(26)24-18(15-5-3-2-4-6-15)11-21(29)30-13-20(28)23-12-19(27)25-17-9-7-16(22)8-10-17/h2-10,18H,11-13H2,1H3,(H,23,28)(H,24,26)(H,25,27)/t18-/m1/s1. The second-order valence-electron chi connectivity index (χ2n) is 6.36. The Hall–Kier alpha value is -3.75. The highest BCUT2D eigenvalue weighted by atomic mass is 19.1. The maximum atomic E-state index is 12.8. The van der Waals surface area contributed by atoms with Gasteiger partial charge in [0, 0.05) is 12.6 Å². The largest absolute Gasteiger partial charge is 0.456 e. The molecule has 0 aliphatic rings. The second kappa shape index (κ2) is 11.3. The van der Waals surface area contributed by atoms with Gasteiger partial charge < -0.3 is 20.7 Å². The summed E-state index contributed by atoms with van der Waals surface area (Å²) in [5.41, 5.74) is 1.11. The number of carbonyl (C=O) groups is 4. The van der Waals surface area contributed by atoms with Crippen molar-refractivity contribution in [2.75, 3.05) is 18.5 Å². The van der Waals surface area contributed by atoms with E-state index in [1.54, 1.807) is 24.3 Å².